The molecule has 2 aromatic rings. The third-order valence-corrected chi connectivity index (χ3v) is 3.00. The van der Waals surface area contributed by atoms with Gasteiger partial charge in [0.2, 0.25) is 0 Å². The van der Waals surface area contributed by atoms with Crippen molar-refractivity contribution in [2.75, 3.05) is 0 Å². The van der Waals surface area contributed by atoms with E-state index in [-0.39, 0.29) is 0 Å². The van der Waals surface area contributed by atoms with Crippen LogP contribution in [0.2, 0.25) is 0 Å². The van der Waals surface area contributed by atoms with E-state index in [9.17, 15) is 5.11 Å². The molecule has 2 rings (SSSR count). The molecule has 0 amide bonds. The van der Waals surface area contributed by atoms with E-state index in [1.54, 1.807) is 13.1 Å². The summed E-state index contributed by atoms with van der Waals surface area (Å²) in [7, 11) is 0. The van der Waals surface area contributed by atoms with Crippen molar-refractivity contribution in [3.8, 4) is 0 Å². The highest BCUT2D eigenvalue weighted by Gasteiger charge is 2.08. The minimum Gasteiger partial charge on any atom is -0.389 e. The van der Waals surface area contributed by atoms with E-state index in [0.717, 1.165) is 29.9 Å². The van der Waals surface area contributed by atoms with Gasteiger partial charge in [-0.3, -0.25) is 0 Å². The molecule has 94 valence electrons. The largest absolute Gasteiger partial charge is 0.389 e. The fraction of sp³-hybridized carbons (Fsp3) is 0.333. The Hall–Kier alpha value is -1.74. The molecule has 0 fully saturated rings. The van der Waals surface area contributed by atoms with E-state index in [4.69, 9.17) is 0 Å². The molecule has 0 bridgehead atoms. The summed E-state index contributed by atoms with van der Waals surface area (Å²) in [5.74, 6) is 0.834. The molecule has 0 radical (unpaired) electrons. The number of aliphatic hydroxyl groups excluding tert-OH is 1. The van der Waals surface area contributed by atoms with Crippen molar-refractivity contribution in [3.05, 3.63) is 59.2 Å². The number of aryl methyl sites for hydroxylation is 3. The van der Waals surface area contributed by atoms with E-state index in [1.165, 1.54) is 5.56 Å². The zero-order valence-electron chi connectivity index (χ0n) is 10.8. The van der Waals surface area contributed by atoms with Gasteiger partial charge < -0.3 is 5.11 Å². The molecule has 3 heteroatoms. The highest BCUT2D eigenvalue weighted by molar-refractivity contribution is 5.19. The van der Waals surface area contributed by atoms with Gasteiger partial charge in [0, 0.05) is 23.9 Å². The third-order valence-electron chi connectivity index (χ3n) is 3.00. The molecule has 18 heavy (non-hydrogen) atoms. The lowest BCUT2D eigenvalue weighted by Crippen LogP contribution is -2.04. The van der Waals surface area contributed by atoms with Gasteiger partial charge in [-0.2, -0.15) is 0 Å². The van der Waals surface area contributed by atoms with Gasteiger partial charge in [-0.05, 0) is 25.8 Å². The van der Waals surface area contributed by atoms with Crippen LogP contribution >= 0.6 is 0 Å². The van der Waals surface area contributed by atoms with Crippen LogP contribution in [0.25, 0.3) is 0 Å². The predicted molar refractivity (Wildman–Crippen MR) is 71.3 cm³/mol. The van der Waals surface area contributed by atoms with Crippen LogP contribution in [-0.4, -0.2) is 15.1 Å². The predicted octanol–water partition coefficient (Wildman–Crippen LogP) is 2.62. The average Bonchev–Trinajstić information content (AvgIpc) is 2.37. The van der Waals surface area contributed by atoms with Crippen LogP contribution in [0.5, 0.6) is 0 Å². The Morgan fingerprint density at radius 2 is 1.89 bits per heavy atom. The highest BCUT2D eigenvalue weighted by atomic mass is 16.3. The summed E-state index contributed by atoms with van der Waals surface area (Å²) >= 11 is 0. The van der Waals surface area contributed by atoms with Gasteiger partial charge in [-0.25, -0.2) is 9.97 Å². The first kappa shape index (κ1) is 12.7. The van der Waals surface area contributed by atoms with Gasteiger partial charge >= 0.3 is 0 Å². The molecule has 0 saturated carbocycles. The minimum absolute atomic E-state index is 0.506. The fourth-order valence-corrected chi connectivity index (χ4v) is 1.96. The highest BCUT2D eigenvalue weighted by Crippen LogP contribution is 2.14. The van der Waals surface area contributed by atoms with Crippen molar-refractivity contribution in [1.82, 2.24) is 9.97 Å². The topological polar surface area (TPSA) is 46.0 Å². The molecule has 1 aromatic carbocycles. The van der Waals surface area contributed by atoms with Crippen LogP contribution in [0, 0.1) is 6.92 Å². The third kappa shape index (κ3) is 3.14. The smallest absolute Gasteiger partial charge is 0.128 e. The van der Waals surface area contributed by atoms with E-state index in [1.807, 2.05) is 25.1 Å². The molecule has 0 saturated heterocycles. The number of benzene rings is 1. The summed E-state index contributed by atoms with van der Waals surface area (Å²) in [6.45, 7) is 3.64. The number of hydrogen-bond acceptors (Lipinski definition) is 3. The number of nitrogens with zero attached hydrogens (tertiary/aromatic N) is 2. The monoisotopic (exact) mass is 242 g/mol. The van der Waals surface area contributed by atoms with Crippen LogP contribution in [-0.2, 0) is 12.8 Å². The van der Waals surface area contributed by atoms with E-state index >= 15 is 0 Å². The maximum absolute atomic E-state index is 9.52. The molecule has 1 aromatic heterocycles. The van der Waals surface area contributed by atoms with E-state index in [2.05, 4.69) is 22.1 Å². The van der Waals surface area contributed by atoms with Gasteiger partial charge in [0.05, 0.1) is 6.10 Å². The molecule has 1 atom stereocenters. The summed E-state index contributed by atoms with van der Waals surface area (Å²) < 4.78 is 0. The first-order chi connectivity index (χ1) is 8.66. The van der Waals surface area contributed by atoms with Gasteiger partial charge in [0.15, 0.2) is 0 Å². The summed E-state index contributed by atoms with van der Waals surface area (Å²) in [4.78, 5) is 8.74. The number of aliphatic hydroxyl groups is 1. The van der Waals surface area contributed by atoms with Crippen LogP contribution in [0.3, 0.4) is 0 Å². The summed E-state index contributed by atoms with van der Waals surface area (Å²) in [6, 6.07) is 10.3. The number of rotatable bonds is 4. The van der Waals surface area contributed by atoms with E-state index in [0.29, 0.717) is 0 Å². The molecule has 0 spiro atoms. The Balaban J connectivity index is 2.05. The van der Waals surface area contributed by atoms with Crippen LogP contribution in [0.1, 0.15) is 35.7 Å². The zero-order chi connectivity index (χ0) is 13.0. The minimum atomic E-state index is -0.506. The van der Waals surface area contributed by atoms with Crippen molar-refractivity contribution < 1.29 is 5.11 Å². The van der Waals surface area contributed by atoms with Gasteiger partial charge in [-0.15, -0.1) is 0 Å². The van der Waals surface area contributed by atoms with E-state index < -0.39 is 6.10 Å². The molecule has 3 nitrogen and oxygen atoms in total. The molecular formula is C15H18N2O. The van der Waals surface area contributed by atoms with Crippen molar-refractivity contribution >= 4 is 0 Å². The maximum Gasteiger partial charge on any atom is 0.128 e. The van der Waals surface area contributed by atoms with Crippen LogP contribution < -0.4 is 0 Å². The van der Waals surface area contributed by atoms with Gasteiger partial charge in [-0.1, -0.05) is 30.3 Å². The Kier molecular flexibility index (Phi) is 4.05. The van der Waals surface area contributed by atoms with Crippen LogP contribution in [0.15, 0.2) is 36.5 Å². The Bertz CT molecular complexity index is 509. The summed E-state index contributed by atoms with van der Waals surface area (Å²) in [5, 5.41) is 9.52. The van der Waals surface area contributed by atoms with Gasteiger partial charge in [0.25, 0.3) is 0 Å². The Morgan fingerprint density at radius 1 is 1.17 bits per heavy atom. The van der Waals surface area contributed by atoms with Gasteiger partial charge in [0.1, 0.15) is 5.82 Å². The average molecular weight is 242 g/mol. The summed E-state index contributed by atoms with van der Waals surface area (Å²) in [6.07, 6.45) is 2.99. The van der Waals surface area contributed by atoms with Crippen molar-refractivity contribution in [2.24, 2.45) is 0 Å². The quantitative estimate of drug-likeness (QED) is 0.896. The lowest BCUT2D eigenvalue weighted by molar-refractivity contribution is 0.197. The lowest BCUT2D eigenvalue weighted by Gasteiger charge is -2.09. The Labute approximate surface area is 108 Å². The fourth-order valence-electron chi connectivity index (χ4n) is 1.96. The molecule has 0 aliphatic rings. The second kappa shape index (κ2) is 5.74. The maximum atomic E-state index is 9.52. The summed E-state index contributed by atoms with van der Waals surface area (Å²) in [5.41, 5.74) is 2.96. The second-order valence-electron chi connectivity index (χ2n) is 4.49. The van der Waals surface area contributed by atoms with Crippen molar-refractivity contribution in [3.63, 3.8) is 0 Å². The molecule has 0 aliphatic carbocycles. The van der Waals surface area contributed by atoms with Crippen LogP contribution in [0.4, 0.5) is 0 Å². The Morgan fingerprint density at radius 3 is 2.50 bits per heavy atom. The number of aromatic nitrogens is 2. The first-order valence-electron chi connectivity index (χ1n) is 6.21. The second-order valence-corrected chi connectivity index (χ2v) is 4.49. The standard InChI is InChI=1S/C15H18N2O/c1-11-14(12(2)18)10-16-15(17-11)9-8-13-6-4-3-5-7-13/h3-7,10,12,18H,8-9H2,1-2H3/t12-/m1/s1. The molecule has 0 unspecified atom stereocenters. The molecule has 1 heterocycles. The molecular weight excluding hydrogens is 224 g/mol. The molecule has 0 aliphatic heterocycles. The normalized spacial score (nSPS) is 12.4. The van der Waals surface area contributed by atoms with Crippen molar-refractivity contribution in [1.29, 1.82) is 0 Å². The zero-order valence-corrected chi connectivity index (χ0v) is 10.8. The SMILES string of the molecule is Cc1nc(CCc2ccccc2)ncc1[C@@H](C)O. The molecule has 1 N–H and O–H groups in total. The number of hydrogen-bond donors (Lipinski definition) is 1. The van der Waals surface area contributed by atoms with Crippen molar-refractivity contribution in [2.45, 2.75) is 32.8 Å². The first-order valence-corrected chi connectivity index (χ1v) is 6.21. The lowest BCUT2D eigenvalue weighted by atomic mass is 10.1.